The Kier molecular flexibility index (Phi) is 4.37. The largest absolute Gasteiger partial charge is 0.383 e. The van der Waals surface area contributed by atoms with Crippen LogP contribution in [0.15, 0.2) is 48.0 Å². The minimum Gasteiger partial charge on any atom is -0.383 e. The van der Waals surface area contributed by atoms with Crippen LogP contribution in [0.1, 0.15) is 22.3 Å². The number of nitrogens with zero attached hydrogens (tertiary/aromatic N) is 3. The molecule has 3 heterocycles. The SMILES string of the molecule is COCCN1C(=O)C2(CCN(C(=O)c3ccc4ncsc4c3)C2)c2ccccc21. The van der Waals surface area contributed by atoms with Crippen LogP contribution in [0.2, 0.25) is 0 Å². The number of anilines is 1. The molecule has 2 aromatic carbocycles. The van der Waals surface area contributed by atoms with Crippen molar-refractivity contribution < 1.29 is 14.3 Å². The van der Waals surface area contributed by atoms with Gasteiger partial charge in [0.05, 0.1) is 27.7 Å². The van der Waals surface area contributed by atoms with Crippen LogP contribution in [-0.2, 0) is 14.9 Å². The summed E-state index contributed by atoms with van der Waals surface area (Å²) in [5.41, 5.74) is 4.64. The van der Waals surface area contributed by atoms with Crippen LogP contribution in [-0.4, -0.2) is 55.0 Å². The topological polar surface area (TPSA) is 62.7 Å². The van der Waals surface area contributed by atoms with Crippen LogP contribution in [0.4, 0.5) is 5.69 Å². The fourth-order valence-corrected chi connectivity index (χ4v) is 5.27. The van der Waals surface area contributed by atoms with Crippen molar-refractivity contribution in [1.82, 2.24) is 9.88 Å². The van der Waals surface area contributed by atoms with Crippen molar-refractivity contribution in [3.05, 3.63) is 59.1 Å². The van der Waals surface area contributed by atoms with E-state index >= 15 is 0 Å². The molecule has 2 aliphatic heterocycles. The molecule has 5 rings (SSSR count). The van der Waals surface area contributed by atoms with Gasteiger partial charge in [0, 0.05) is 38.0 Å². The molecule has 0 aliphatic carbocycles. The van der Waals surface area contributed by atoms with Crippen molar-refractivity contribution >= 4 is 39.1 Å². The third kappa shape index (κ3) is 2.76. The molecule has 1 fully saturated rings. The van der Waals surface area contributed by atoms with Crippen LogP contribution in [0.5, 0.6) is 0 Å². The maximum absolute atomic E-state index is 13.5. The van der Waals surface area contributed by atoms with Crippen LogP contribution in [0.3, 0.4) is 0 Å². The maximum atomic E-state index is 13.5. The molecule has 1 atom stereocenters. The summed E-state index contributed by atoms with van der Waals surface area (Å²) in [6, 6.07) is 13.5. The number of thiazole rings is 1. The molecule has 3 aromatic rings. The molecule has 1 aromatic heterocycles. The average molecular weight is 407 g/mol. The minimum atomic E-state index is -0.658. The smallest absolute Gasteiger partial charge is 0.253 e. The number of methoxy groups -OCH3 is 1. The van der Waals surface area contributed by atoms with E-state index in [0.29, 0.717) is 38.2 Å². The first kappa shape index (κ1) is 18.3. The van der Waals surface area contributed by atoms with Gasteiger partial charge in [0.15, 0.2) is 0 Å². The number of hydrogen-bond donors (Lipinski definition) is 0. The molecule has 1 saturated heterocycles. The number of carbonyl (C=O) groups excluding carboxylic acids is 2. The Balaban J connectivity index is 1.45. The van der Waals surface area contributed by atoms with Gasteiger partial charge in [0.25, 0.3) is 5.91 Å². The summed E-state index contributed by atoms with van der Waals surface area (Å²) in [6.45, 7) is 1.97. The zero-order valence-electron chi connectivity index (χ0n) is 16.1. The standard InChI is InChI=1S/C22H21N3O3S/c1-28-11-10-25-18-5-3-2-4-16(18)22(21(25)27)8-9-24(13-22)20(26)15-6-7-17-19(12-15)29-14-23-17/h2-7,12,14H,8-11,13H2,1H3. The van der Waals surface area contributed by atoms with Gasteiger partial charge in [-0.3, -0.25) is 9.59 Å². The number of carbonyl (C=O) groups is 2. The Morgan fingerprint density at radius 1 is 1.28 bits per heavy atom. The van der Waals surface area contributed by atoms with E-state index in [2.05, 4.69) is 4.98 Å². The highest BCUT2D eigenvalue weighted by atomic mass is 32.1. The lowest BCUT2D eigenvalue weighted by Gasteiger charge is -2.24. The van der Waals surface area contributed by atoms with Crippen molar-refractivity contribution in [2.24, 2.45) is 0 Å². The number of hydrogen-bond acceptors (Lipinski definition) is 5. The number of amides is 2. The molecule has 0 radical (unpaired) electrons. The van der Waals surface area contributed by atoms with E-state index in [1.165, 1.54) is 11.3 Å². The number of rotatable bonds is 4. The molecule has 2 aliphatic rings. The Hall–Kier alpha value is -2.77. The second-order valence-electron chi connectivity index (χ2n) is 7.56. The number of benzene rings is 2. The number of fused-ring (bicyclic) bond motifs is 3. The summed E-state index contributed by atoms with van der Waals surface area (Å²) in [7, 11) is 1.64. The number of likely N-dealkylation sites (tertiary alicyclic amines) is 1. The predicted octanol–water partition coefficient (Wildman–Crippen LogP) is 3.07. The quantitative estimate of drug-likeness (QED) is 0.667. The molecule has 148 valence electrons. The van der Waals surface area contributed by atoms with Gasteiger partial charge in [-0.2, -0.15) is 0 Å². The van der Waals surface area contributed by atoms with Gasteiger partial charge in [0.1, 0.15) is 0 Å². The first-order valence-electron chi connectivity index (χ1n) is 9.67. The van der Waals surface area contributed by atoms with Gasteiger partial charge in [-0.1, -0.05) is 18.2 Å². The van der Waals surface area contributed by atoms with Crippen LogP contribution < -0.4 is 4.90 Å². The second kappa shape index (κ2) is 6.93. The van der Waals surface area contributed by atoms with Gasteiger partial charge < -0.3 is 14.5 Å². The lowest BCUT2D eigenvalue weighted by molar-refractivity contribution is -0.122. The zero-order valence-corrected chi connectivity index (χ0v) is 16.9. The first-order valence-corrected chi connectivity index (χ1v) is 10.5. The van der Waals surface area contributed by atoms with Crippen molar-refractivity contribution in [2.75, 3.05) is 38.3 Å². The van der Waals surface area contributed by atoms with Gasteiger partial charge in [0.2, 0.25) is 5.91 Å². The molecule has 7 heteroatoms. The van der Waals surface area contributed by atoms with Crippen LogP contribution in [0.25, 0.3) is 10.2 Å². The highest BCUT2D eigenvalue weighted by molar-refractivity contribution is 7.16. The molecule has 0 bridgehead atoms. The van der Waals surface area contributed by atoms with E-state index in [4.69, 9.17) is 4.74 Å². The van der Waals surface area contributed by atoms with Crippen LogP contribution in [0, 0.1) is 0 Å². The highest BCUT2D eigenvalue weighted by Crippen LogP contribution is 2.47. The van der Waals surface area contributed by atoms with E-state index in [0.717, 1.165) is 21.5 Å². The predicted molar refractivity (Wildman–Crippen MR) is 112 cm³/mol. The lowest BCUT2D eigenvalue weighted by Crippen LogP contribution is -2.44. The van der Waals surface area contributed by atoms with Gasteiger partial charge in [-0.15, -0.1) is 11.3 Å². The van der Waals surface area contributed by atoms with E-state index in [9.17, 15) is 9.59 Å². The maximum Gasteiger partial charge on any atom is 0.253 e. The molecule has 6 nitrogen and oxygen atoms in total. The van der Waals surface area contributed by atoms with Crippen molar-refractivity contribution in [3.8, 4) is 0 Å². The summed E-state index contributed by atoms with van der Waals surface area (Å²) in [5, 5.41) is 0. The molecule has 2 amide bonds. The molecule has 0 saturated carbocycles. The molecule has 0 N–H and O–H groups in total. The first-order chi connectivity index (χ1) is 14.1. The van der Waals surface area contributed by atoms with Crippen LogP contribution >= 0.6 is 11.3 Å². The summed E-state index contributed by atoms with van der Waals surface area (Å²) in [6.07, 6.45) is 0.640. The second-order valence-corrected chi connectivity index (χ2v) is 8.45. The molecule has 29 heavy (non-hydrogen) atoms. The molecule has 1 unspecified atom stereocenters. The normalized spacial score (nSPS) is 20.8. The Labute approximate surface area is 172 Å². The fraction of sp³-hybridized carbons (Fsp3) is 0.318. The monoisotopic (exact) mass is 407 g/mol. The third-order valence-corrected chi connectivity index (χ3v) is 6.81. The van der Waals surface area contributed by atoms with Crippen molar-refractivity contribution in [2.45, 2.75) is 11.8 Å². The van der Waals surface area contributed by atoms with Gasteiger partial charge >= 0.3 is 0 Å². The number of ether oxygens (including phenoxy) is 1. The Morgan fingerprint density at radius 3 is 3.00 bits per heavy atom. The highest BCUT2D eigenvalue weighted by Gasteiger charge is 2.54. The summed E-state index contributed by atoms with van der Waals surface area (Å²) >= 11 is 1.52. The molecule has 1 spiro atoms. The van der Waals surface area contributed by atoms with Crippen molar-refractivity contribution in [3.63, 3.8) is 0 Å². The average Bonchev–Trinajstić information content (AvgIpc) is 3.45. The molecular formula is C22H21N3O3S. The van der Waals surface area contributed by atoms with E-state index < -0.39 is 5.41 Å². The summed E-state index contributed by atoms with van der Waals surface area (Å²) < 4.78 is 6.20. The van der Waals surface area contributed by atoms with Gasteiger partial charge in [-0.05, 0) is 36.2 Å². The third-order valence-electron chi connectivity index (χ3n) is 6.02. The lowest BCUT2D eigenvalue weighted by atomic mass is 9.81. The zero-order chi connectivity index (χ0) is 20.0. The van der Waals surface area contributed by atoms with Crippen molar-refractivity contribution in [1.29, 1.82) is 0 Å². The minimum absolute atomic E-state index is 0.0298. The number of aromatic nitrogens is 1. The van der Waals surface area contributed by atoms with E-state index in [1.54, 1.807) is 12.6 Å². The number of para-hydroxylation sites is 1. The van der Waals surface area contributed by atoms with Gasteiger partial charge in [-0.25, -0.2) is 4.98 Å². The molecular weight excluding hydrogens is 386 g/mol. The van der Waals surface area contributed by atoms with E-state index in [1.807, 2.05) is 52.3 Å². The summed E-state index contributed by atoms with van der Waals surface area (Å²) in [5.74, 6) is 0.0433. The summed E-state index contributed by atoms with van der Waals surface area (Å²) in [4.78, 5) is 34.6. The van der Waals surface area contributed by atoms with E-state index in [-0.39, 0.29) is 11.8 Å². The Bertz CT molecular complexity index is 1110. The fourth-order valence-electron chi connectivity index (χ4n) is 4.55. The Morgan fingerprint density at radius 2 is 2.14 bits per heavy atom.